The smallest absolute Gasteiger partial charge is 0.235 e. The molecular weight excluding hydrogens is 228 g/mol. The van der Waals surface area contributed by atoms with E-state index in [4.69, 9.17) is 5.73 Å². The topological polar surface area (TPSA) is 61.6 Å². The van der Waals surface area contributed by atoms with Crippen molar-refractivity contribution in [2.45, 2.75) is 25.8 Å². The third kappa shape index (κ3) is 5.33. The minimum Gasteiger partial charge on any atom is -0.368 e. The number of likely N-dealkylation sites (N-methyl/N-ethyl adjacent to an activating group) is 1. The number of nitrogens with one attached hydrogen (secondary N) is 1. The molecule has 1 aliphatic heterocycles. The molecule has 3 N–H and O–H groups in total. The molecule has 1 saturated heterocycles. The van der Waals surface area contributed by atoms with Gasteiger partial charge in [-0.3, -0.25) is 4.79 Å². The summed E-state index contributed by atoms with van der Waals surface area (Å²) in [5.74, 6) is 0.551. The van der Waals surface area contributed by atoms with Gasteiger partial charge in [0.2, 0.25) is 5.91 Å². The van der Waals surface area contributed by atoms with Crippen LogP contribution in [0.25, 0.3) is 0 Å². The van der Waals surface area contributed by atoms with E-state index in [0.29, 0.717) is 0 Å². The lowest BCUT2D eigenvalue weighted by molar-refractivity contribution is -0.120. The van der Waals surface area contributed by atoms with Crippen molar-refractivity contribution in [3.05, 3.63) is 0 Å². The van der Waals surface area contributed by atoms with Crippen molar-refractivity contribution in [3.8, 4) is 0 Å². The average molecular weight is 256 g/mol. The standard InChI is InChI=1S/C13H28N4O/c1-4-15-12(13(14)18)10-17-7-5-11(6-8-17)9-16(2)3/h11-12,15H,4-10H2,1-3H3,(H2,14,18). The Labute approximate surface area is 111 Å². The van der Waals surface area contributed by atoms with Crippen molar-refractivity contribution in [1.82, 2.24) is 15.1 Å². The SMILES string of the molecule is CCNC(CN1CCC(CN(C)C)CC1)C(N)=O. The second-order valence-corrected chi connectivity index (χ2v) is 5.52. The molecule has 0 aromatic carbocycles. The number of hydrogen-bond acceptors (Lipinski definition) is 4. The molecule has 0 radical (unpaired) electrons. The monoisotopic (exact) mass is 256 g/mol. The number of piperidine rings is 1. The number of primary amides is 1. The molecule has 1 fully saturated rings. The highest BCUT2D eigenvalue weighted by Gasteiger charge is 2.23. The summed E-state index contributed by atoms with van der Waals surface area (Å²) in [7, 11) is 4.25. The molecule has 0 aromatic rings. The Morgan fingerprint density at radius 1 is 1.44 bits per heavy atom. The average Bonchev–Trinajstić information content (AvgIpc) is 2.30. The summed E-state index contributed by atoms with van der Waals surface area (Å²) >= 11 is 0. The summed E-state index contributed by atoms with van der Waals surface area (Å²) in [4.78, 5) is 15.9. The van der Waals surface area contributed by atoms with Gasteiger partial charge >= 0.3 is 0 Å². The van der Waals surface area contributed by atoms with Gasteiger partial charge in [0.1, 0.15) is 0 Å². The van der Waals surface area contributed by atoms with E-state index in [-0.39, 0.29) is 11.9 Å². The van der Waals surface area contributed by atoms with E-state index in [2.05, 4.69) is 29.2 Å². The fourth-order valence-corrected chi connectivity index (χ4v) is 2.63. The maximum Gasteiger partial charge on any atom is 0.235 e. The molecule has 0 aromatic heterocycles. The van der Waals surface area contributed by atoms with Crippen molar-refractivity contribution < 1.29 is 4.79 Å². The number of likely N-dealkylation sites (tertiary alicyclic amines) is 1. The predicted octanol–water partition coefficient (Wildman–Crippen LogP) is -0.277. The quantitative estimate of drug-likeness (QED) is 0.658. The van der Waals surface area contributed by atoms with E-state index >= 15 is 0 Å². The van der Waals surface area contributed by atoms with E-state index in [1.807, 2.05) is 6.92 Å². The Hall–Kier alpha value is -0.650. The van der Waals surface area contributed by atoms with Gasteiger partial charge in [-0.2, -0.15) is 0 Å². The molecule has 1 unspecified atom stereocenters. The minimum atomic E-state index is -0.243. The Balaban J connectivity index is 2.31. The van der Waals surface area contributed by atoms with Crippen molar-refractivity contribution in [2.24, 2.45) is 11.7 Å². The Bertz CT molecular complexity index is 249. The highest BCUT2D eigenvalue weighted by Crippen LogP contribution is 2.17. The zero-order valence-electron chi connectivity index (χ0n) is 12.0. The molecule has 1 atom stereocenters. The first kappa shape index (κ1) is 15.4. The summed E-state index contributed by atoms with van der Waals surface area (Å²) in [6.07, 6.45) is 2.44. The van der Waals surface area contributed by atoms with E-state index in [1.54, 1.807) is 0 Å². The summed E-state index contributed by atoms with van der Waals surface area (Å²) in [6.45, 7) is 6.85. The number of amides is 1. The van der Waals surface area contributed by atoms with Crippen LogP contribution in [-0.2, 0) is 4.79 Å². The van der Waals surface area contributed by atoms with Crippen LogP contribution in [0.15, 0.2) is 0 Å². The lowest BCUT2D eigenvalue weighted by Crippen LogP contribution is -2.51. The van der Waals surface area contributed by atoms with Gasteiger partial charge in [-0.25, -0.2) is 0 Å². The zero-order valence-corrected chi connectivity index (χ0v) is 12.0. The van der Waals surface area contributed by atoms with Crippen LogP contribution < -0.4 is 11.1 Å². The molecular formula is C13H28N4O. The van der Waals surface area contributed by atoms with Crippen LogP contribution in [0.4, 0.5) is 0 Å². The summed E-state index contributed by atoms with van der Waals surface area (Å²) in [5.41, 5.74) is 5.40. The Morgan fingerprint density at radius 2 is 2.06 bits per heavy atom. The lowest BCUT2D eigenvalue weighted by Gasteiger charge is -2.34. The van der Waals surface area contributed by atoms with Crippen LogP contribution in [0.5, 0.6) is 0 Å². The van der Waals surface area contributed by atoms with Crippen LogP contribution in [0.3, 0.4) is 0 Å². The van der Waals surface area contributed by atoms with Crippen LogP contribution >= 0.6 is 0 Å². The van der Waals surface area contributed by atoms with Gasteiger partial charge in [-0.05, 0) is 52.5 Å². The lowest BCUT2D eigenvalue weighted by atomic mass is 9.96. The molecule has 5 heteroatoms. The number of nitrogens with zero attached hydrogens (tertiary/aromatic N) is 2. The van der Waals surface area contributed by atoms with Crippen LogP contribution in [0.1, 0.15) is 19.8 Å². The van der Waals surface area contributed by atoms with Gasteiger partial charge in [-0.15, -0.1) is 0 Å². The van der Waals surface area contributed by atoms with Gasteiger partial charge in [0.25, 0.3) is 0 Å². The fourth-order valence-electron chi connectivity index (χ4n) is 2.63. The summed E-state index contributed by atoms with van der Waals surface area (Å²) < 4.78 is 0. The van der Waals surface area contributed by atoms with Crippen LogP contribution in [-0.4, -0.2) is 68.6 Å². The van der Waals surface area contributed by atoms with Gasteiger partial charge in [0.05, 0.1) is 6.04 Å². The Kier molecular flexibility index (Phi) is 6.60. The van der Waals surface area contributed by atoms with Crippen LogP contribution in [0, 0.1) is 5.92 Å². The van der Waals surface area contributed by atoms with Gasteiger partial charge in [0.15, 0.2) is 0 Å². The normalized spacial score (nSPS) is 20.2. The second kappa shape index (κ2) is 7.71. The van der Waals surface area contributed by atoms with Crippen molar-refractivity contribution in [2.75, 3.05) is 46.8 Å². The summed E-state index contributed by atoms with van der Waals surface area (Å²) in [5, 5.41) is 3.15. The minimum absolute atomic E-state index is 0.208. The van der Waals surface area contributed by atoms with Crippen LogP contribution in [0.2, 0.25) is 0 Å². The zero-order chi connectivity index (χ0) is 13.5. The van der Waals surface area contributed by atoms with E-state index < -0.39 is 0 Å². The number of nitrogens with two attached hydrogens (primary N) is 1. The number of carbonyl (C=O) groups excluding carboxylic acids is 1. The van der Waals surface area contributed by atoms with E-state index in [1.165, 1.54) is 19.4 Å². The molecule has 106 valence electrons. The first-order valence-electron chi connectivity index (χ1n) is 6.92. The maximum atomic E-state index is 11.3. The van der Waals surface area contributed by atoms with Gasteiger partial charge in [0, 0.05) is 13.1 Å². The molecule has 18 heavy (non-hydrogen) atoms. The van der Waals surface area contributed by atoms with E-state index in [0.717, 1.165) is 32.1 Å². The third-order valence-electron chi connectivity index (χ3n) is 3.57. The number of rotatable bonds is 7. The largest absolute Gasteiger partial charge is 0.368 e. The highest BCUT2D eigenvalue weighted by atomic mass is 16.1. The van der Waals surface area contributed by atoms with Crippen molar-refractivity contribution in [1.29, 1.82) is 0 Å². The molecule has 1 rings (SSSR count). The maximum absolute atomic E-state index is 11.3. The van der Waals surface area contributed by atoms with Crippen molar-refractivity contribution >= 4 is 5.91 Å². The second-order valence-electron chi connectivity index (χ2n) is 5.52. The molecule has 0 bridgehead atoms. The van der Waals surface area contributed by atoms with Crippen molar-refractivity contribution in [3.63, 3.8) is 0 Å². The molecule has 1 amide bonds. The third-order valence-corrected chi connectivity index (χ3v) is 3.57. The number of hydrogen-bond donors (Lipinski definition) is 2. The highest BCUT2D eigenvalue weighted by molar-refractivity contribution is 5.80. The molecule has 0 spiro atoms. The number of carbonyl (C=O) groups is 1. The molecule has 1 aliphatic rings. The first-order chi connectivity index (χ1) is 8.52. The molecule has 0 saturated carbocycles. The van der Waals surface area contributed by atoms with Gasteiger partial charge < -0.3 is 20.9 Å². The Morgan fingerprint density at radius 3 is 2.50 bits per heavy atom. The predicted molar refractivity (Wildman–Crippen MR) is 74.4 cm³/mol. The molecule has 5 nitrogen and oxygen atoms in total. The summed E-state index contributed by atoms with van der Waals surface area (Å²) in [6, 6.07) is -0.208. The van der Waals surface area contributed by atoms with Gasteiger partial charge in [-0.1, -0.05) is 6.92 Å². The van der Waals surface area contributed by atoms with E-state index in [9.17, 15) is 4.79 Å². The fraction of sp³-hybridized carbons (Fsp3) is 0.923. The molecule has 0 aliphatic carbocycles. The molecule has 1 heterocycles. The first-order valence-corrected chi connectivity index (χ1v) is 6.92.